The van der Waals surface area contributed by atoms with Crippen LogP contribution in [0.3, 0.4) is 0 Å². The molecule has 0 aliphatic carbocycles. The van der Waals surface area contributed by atoms with Crippen LogP contribution in [0.5, 0.6) is 5.75 Å². The summed E-state index contributed by atoms with van der Waals surface area (Å²) in [6.45, 7) is -0.175. The van der Waals surface area contributed by atoms with Gasteiger partial charge in [-0.2, -0.15) is 0 Å². The van der Waals surface area contributed by atoms with E-state index in [1.807, 2.05) is 0 Å². The number of ether oxygens (including phenoxy) is 1. The van der Waals surface area contributed by atoms with Crippen LogP contribution in [0.2, 0.25) is 0 Å². The van der Waals surface area contributed by atoms with Crippen LogP contribution in [0.1, 0.15) is 15.9 Å². The van der Waals surface area contributed by atoms with E-state index in [2.05, 4.69) is 0 Å². The Bertz CT molecular complexity index is 591. The summed E-state index contributed by atoms with van der Waals surface area (Å²) >= 11 is 0. The van der Waals surface area contributed by atoms with Crippen molar-refractivity contribution < 1.29 is 22.7 Å². The van der Waals surface area contributed by atoms with Gasteiger partial charge in [-0.25, -0.2) is 13.2 Å². The third-order valence-corrected chi connectivity index (χ3v) is 2.41. The van der Waals surface area contributed by atoms with E-state index in [1.54, 1.807) is 0 Å². The van der Waals surface area contributed by atoms with E-state index in [4.69, 9.17) is 4.74 Å². The van der Waals surface area contributed by atoms with Crippen LogP contribution in [0.4, 0.5) is 13.2 Å². The molecular formula is C14H9F3O2. The number of halogens is 3. The fourth-order valence-electron chi connectivity index (χ4n) is 1.56. The van der Waals surface area contributed by atoms with Gasteiger partial charge >= 0.3 is 0 Å². The number of carbonyl (C=O) groups is 1. The molecule has 0 saturated heterocycles. The molecule has 5 heteroatoms. The minimum Gasteiger partial charge on any atom is -0.486 e. The molecule has 0 fully saturated rings. The first kappa shape index (κ1) is 13.1. The summed E-state index contributed by atoms with van der Waals surface area (Å²) < 4.78 is 44.4. The lowest BCUT2D eigenvalue weighted by atomic mass is 10.2. The average molecular weight is 266 g/mol. The maximum absolute atomic E-state index is 13.5. The quantitative estimate of drug-likeness (QED) is 0.792. The predicted octanol–water partition coefficient (Wildman–Crippen LogP) is 3.50. The molecular weight excluding hydrogens is 257 g/mol. The molecule has 0 aliphatic rings. The van der Waals surface area contributed by atoms with Crippen LogP contribution < -0.4 is 4.74 Å². The highest BCUT2D eigenvalue weighted by Gasteiger charge is 2.06. The molecule has 98 valence electrons. The summed E-state index contributed by atoms with van der Waals surface area (Å²) in [7, 11) is 0. The topological polar surface area (TPSA) is 26.3 Å². The van der Waals surface area contributed by atoms with Crippen molar-refractivity contribution in [3.63, 3.8) is 0 Å². The number of aldehydes is 1. The number of benzene rings is 2. The second-order valence-corrected chi connectivity index (χ2v) is 3.87. The molecule has 0 heterocycles. The van der Waals surface area contributed by atoms with Crippen LogP contribution in [-0.2, 0) is 6.61 Å². The SMILES string of the molecule is O=Cc1ccc(OCc2cc(F)cc(F)c2)c(F)c1. The number of hydrogen-bond donors (Lipinski definition) is 0. The van der Waals surface area contributed by atoms with E-state index in [1.165, 1.54) is 12.1 Å². The Hall–Kier alpha value is -2.30. The van der Waals surface area contributed by atoms with Gasteiger partial charge in [-0.15, -0.1) is 0 Å². The van der Waals surface area contributed by atoms with Gasteiger partial charge in [0.2, 0.25) is 0 Å². The molecule has 0 unspecified atom stereocenters. The Labute approximate surface area is 107 Å². The minimum atomic E-state index is -0.727. The van der Waals surface area contributed by atoms with Crippen molar-refractivity contribution in [2.75, 3.05) is 0 Å². The molecule has 0 aromatic heterocycles. The summed E-state index contributed by atoms with van der Waals surface area (Å²) in [6.07, 6.45) is 0.509. The predicted molar refractivity (Wildman–Crippen MR) is 62.5 cm³/mol. The molecule has 0 bridgehead atoms. The van der Waals surface area contributed by atoms with Gasteiger partial charge in [-0.3, -0.25) is 4.79 Å². The van der Waals surface area contributed by atoms with Gasteiger partial charge in [0.05, 0.1) is 0 Å². The van der Waals surface area contributed by atoms with Gasteiger partial charge in [0.25, 0.3) is 0 Å². The van der Waals surface area contributed by atoms with Crippen LogP contribution in [0.25, 0.3) is 0 Å². The minimum absolute atomic E-state index is 0.0877. The van der Waals surface area contributed by atoms with Crippen molar-refractivity contribution in [3.05, 3.63) is 65.0 Å². The highest BCUT2D eigenvalue weighted by Crippen LogP contribution is 2.19. The smallest absolute Gasteiger partial charge is 0.165 e. The van der Waals surface area contributed by atoms with Gasteiger partial charge in [-0.05, 0) is 35.9 Å². The second-order valence-electron chi connectivity index (χ2n) is 3.87. The van der Waals surface area contributed by atoms with Crippen molar-refractivity contribution in [3.8, 4) is 5.75 Å². The lowest BCUT2D eigenvalue weighted by Gasteiger charge is -2.08. The summed E-state index contributed by atoms with van der Waals surface area (Å²) in [6, 6.07) is 6.63. The highest BCUT2D eigenvalue weighted by atomic mass is 19.1. The average Bonchev–Trinajstić information content (AvgIpc) is 2.36. The van der Waals surface area contributed by atoms with Gasteiger partial charge in [0.15, 0.2) is 11.6 Å². The molecule has 2 nitrogen and oxygen atoms in total. The van der Waals surface area contributed by atoms with E-state index in [-0.39, 0.29) is 23.5 Å². The highest BCUT2D eigenvalue weighted by molar-refractivity contribution is 5.74. The van der Waals surface area contributed by atoms with Crippen LogP contribution in [0.15, 0.2) is 36.4 Å². The second kappa shape index (κ2) is 5.56. The van der Waals surface area contributed by atoms with E-state index in [0.29, 0.717) is 6.29 Å². The Morgan fingerprint density at radius 3 is 2.26 bits per heavy atom. The molecule has 2 aromatic carbocycles. The molecule has 2 rings (SSSR count). The van der Waals surface area contributed by atoms with E-state index >= 15 is 0 Å². The molecule has 0 atom stereocenters. The maximum Gasteiger partial charge on any atom is 0.165 e. The lowest BCUT2D eigenvalue weighted by molar-refractivity contribution is 0.112. The molecule has 0 radical (unpaired) electrons. The van der Waals surface area contributed by atoms with E-state index in [9.17, 15) is 18.0 Å². The molecule has 19 heavy (non-hydrogen) atoms. The molecule has 0 N–H and O–H groups in total. The first-order chi connectivity index (χ1) is 9.08. The fourth-order valence-corrected chi connectivity index (χ4v) is 1.56. The van der Waals surface area contributed by atoms with Crippen molar-refractivity contribution in [1.82, 2.24) is 0 Å². The normalized spacial score (nSPS) is 10.3. The molecule has 0 saturated carbocycles. The molecule has 0 spiro atoms. The lowest BCUT2D eigenvalue weighted by Crippen LogP contribution is -1.99. The van der Waals surface area contributed by atoms with E-state index < -0.39 is 17.5 Å². The van der Waals surface area contributed by atoms with Gasteiger partial charge in [-0.1, -0.05) is 0 Å². The van der Waals surface area contributed by atoms with Crippen molar-refractivity contribution in [1.29, 1.82) is 0 Å². The molecule has 0 amide bonds. The standard InChI is InChI=1S/C14H9F3O2/c15-11-3-10(4-12(16)6-11)8-19-14-2-1-9(7-18)5-13(14)17/h1-7H,8H2. The summed E-state index contributed by atoms with van der Waals surface area (Å²) in [5, 5.41) is 0. The Morgan fingerprint density at radius 2 is 1.68 bits per heavy atom. The molecule has 0 aliphatic heterocycles. The Morgan fingerprint density at radius 1 is 1.00 bits per heavy atom. The van der Waals surface area contributed by atoms with Crippen molar-refractivity contribution in [2.45, 2.75) is 6.61 Å². The number of hydrogen-bond acceptors (Lipinski definition) is 2. The first-order valence-electron chi connectivity index (χ1n) is 5.41. The van der Waals surface area contributed by atoms with Crippen LogP contribution in [0, 0.1) is 17.5 Å². The summed E-state index contributed by atoms with van der Waals surface area (Å²) in [5.41, 5.74) is 0.429. The monoisotopic (exact) mass is 266 g/mol. The van der Waals surface area contributed by atoms with Crippen LogP contribution in [-0.4, -0.2) is 6.29 Å². The van der Waals surface area contributed by atoms with Gasteiger partial charge < -0.3 is 4.74 Å². The zero-order chi connectivity index (χ0) is 13.8. The number of carbonyl (C=O) groups excluding carboxylic acids is 1. The zero-order valence-electron chi connectivity index (χ0n) is 9.70. The Balaban J connectivity index is 2.12. The largest absolute Gasteiger partial charge is 0.486 e. The third-order valence-electron chi connectivity index (χ3n) is 2.41. The summed E-state index contributed by atoms with van der Waals surface area (Å²) in [4.78, 5) is 10.4. The maximum atomic E-state index is 13.5. The van der Waals surface area contributed by atoms with Crippen molar-refractivity contribution in [2.24, 2.45) is 0 Å². The number of rotatable bonds is 4. The van der Waals surface area contributed by atoms with Gasteiger partial charge in [0, 0.05) is 11.6 Å². The van der Waals surface area contributed by atoms with Gasteiger partial charge in [0.1, 0.15) is 24.5 Å². The van der Waals surface area contributed by atoms with E-state index in [0.717, 1.165) is 24.3 Å². The first-order valence-corrected chi connectivity index (χ1v) is 5.41. The zero-order valence-corrected chi connectivity index (χ0v) is 9.70. The van der Waals surface area contributed by atoms with Crippen LogP contribution >= 0.6 is 0 Å². The molecule has 2 aromatic rings. The van der Waals surface area contributed by atoms with Crippen molar-refractivity contribution >= 4 is 6.29 Å². The Kier molecular flexibility index (Phi) is 3.85. The third kappa shape index (κ3) is 3.34. The summed E-state index contributed by atoms with van der Waals surface area (Å²) in [5.74, 6) is -2.25. The fraction of sp³-hybridized carbons (Fsp3) is 0.0714.